The Morgan fingerprint density at radius 2 is 1.76 bits per heavy atom. The van der Waals surface area contributed by atoms with E-state index in [1.54, 1.807) is 13.1 Å². The van der Waals surface area contributed by atoms with Crippen molar-refractivity contribution in [1.29, 1.82) is 0 Å². The van der Waals surface area contributed by atoms with Gasteiger partial charge in [-0.1, -0.05) is 56.3 Å². The van der Waals surface area contributed by atoms with Gasteiger partial charge in [0.15, 0.2) is 11.6 Å². The molecule has 0 spiro atoms. The zero-order valence-electron chi connectivity index (χ0n) is 33.0. The first-order chi connectivity index (χ1) is 27.6. The first-order valence-electron chi connectivity index (χ1n) is 19.9. The summed E-state index contributed by atoms with van der Waals surface area (Å²) in [6.45, 7) is 7.61. The molecule has 0 radical (unpaired) electrons. The van der Waals surface area contributed by atoms with Gasteiger partial charge in [0, 0.05) is 23.1 Å². The molecule has 2 aliphatic heterocycles. The molecule has 2 aliphatic carbocycles. The van der Waals surface area contributed by atoms with Crippen LogP contribution in [-0.2, 0) is 24.4 Å². The molecule has 0 unspecified atom stereocenters. The fourth-order valence-electron chi connectivity index (χ4n) is 8.04. The Morgan fingerprint density at radius 1 is 1.03 bits per heavy atom. The zero-order chi connectivity index (χ0) is 41.4. The van der Waals surface area contributed by atoms with E-state index >= 15 is 0 Å². The number of carbonyl (C=O) groups excluding carboxylic acids is 4. The molecule has 2 aromatic carbocycles. The molecule has 3 fully saturated rings. The highest BCUT2D eigenvalue weighted by Crippen LogP contribution is 2.47. The maximum absolute atomic E-state index is 14.9. The molecule has 58 heavy (non-hydrogen) atoms. The van der Waals surface area contributed by atoms with E-state index in [2.05, 4.69) is 20.3 Å². The van der Waals surface area contributed by atoms with Crippen LogP contribution in [0.4, 0.5) is 9.18 Å². The number of carbonyl (C=O) groups is 4. The Kier molecular flexibility index (Phi) is 11.4. The number of pyridine rings is 1. The van der Waals surface area contributed by atoms with Crippen molar-refractivity contribution in [2.45, 2.75) is 101 Å². The number of aromatic nitrogens is 1. The van der Waals surface area contributed by atoms with Gasteiger partial charge in [0.1, 0.15) is 29.5 Å². The molecule has 0 bridgehead atoms. The monoisotopic (exact) mass is 819 g/mol. The van der Waals surface area contributed by atoms with Crippen LogP contribution >= 0.6 is 0 Å². The van der Waals surface area contributed by atoms with E-state index < -0.39 is 80.0 Å². The molecule has 7 rings (SSSR count). The van der Waals surface area contributed by atoms with E-state index in [0.29, 0.717) is 49.8 Å². The van der Waals surface area contributed by atoms with Crippen molar-refractivity contribution >= 4 is 44.6 Å². The van der Waals surface area contributed by atoms with Crippen molar-refractivity contribution in [3.8, 4) is 17.4 Å². The summed E-state index contributed by atoms with van der Waals surface area (Å²) in [5.41, 5.74) is -1.58. The number of allylic oxidation sites excluding steroid dienone is 1. The second kappa shape index (κ2) is 16.2. The summed E-state index contributed by atoms with van der Waals surface area (Å²) in [6.07, 6.45) is 6.29. The van der Waals surface area contributed by atoms with Crippen LogP contribution in [0.1, 0.15) is 72.6 Å². The average Bonchev–Trinajstić information content (AvgIpc) is 4.07. The summed E-state index contributed by atoms with van der Waals surface area (Å²) in [7, 11) is -4.03. The molecule has 3 N–H and O–H groups in total. The summed E-state index contributed by atoms with van der Waals surface area (Å²) in [6, 6.07) is 10.4. The Hall–Kier alpha value is -5.25. The SMILES string of the molecule is CCOc1cnc(O[C@@H]2C[C@H]3C(=O)N[C@]4(C(=O)NS(=O)(=O)C5(C)CC5)C[C@H]4/C=C\CC[C@@H](C)C[C@@H](C)[C@H](NC(=O)Oc4ccccc4F)C(=O)N3C2)c2ccccc12. The van der Waals surface area contributed by atoms with Gasteiger partial charge in [-0.05, 0) is 82.4 Å². The van der Waals surface area contributed by atoms with Gasteiger partial charge in [-0.25, -0.2) is 22.6 Å². The lowest BCUT2D eigenvalue weighted by atomic mass is 9.88. The quantitative estimate of drug-likeness (QED) is 0.244. The third-order valence-electron chi connectivity index (χ3n) is 11.9. The van der Waals surface area contributed by atoms with E-state index in [-0.39, 0.29) is 36.9 Å². The van der Waals surface area contributed by atoms with E-state index in [1.165, 1.54) is 23.1 Å². The highest BCUT2D eigenvalue weighted by atomic mass is 32.2. The molecular formula is C42H50FN5O9S. The lowest BCUT2D eigenvalue weighted by molar-refractivity contribution is -0.142. The lowest BCUT2D eigenvalue weighted by Gasteiger charge is -2.32. The molecule has 4 aliphatic rings. The van der Waals surface area contributed by atoms with Crippen molar-refractivity contribution in [3.63, 3.8) is 0 Å². The van der Waals surface area contributed by atoms with Gasteiger partial charge in [0.2, 0.25) is 27.7 Å². The molecule has 2 saturated carbocycles. The number of amides is 4. The Labute approximate surface area is 337 Å². The first kappa shape index (κ1) is 40.9. The van der Waals surface area contributed by atoms with Gasteiger partial charge in [-0.2, -0.15) is 0 Å². The van der Waals surface area contributed by atoms with Crippen molar-refractivity contribution in [1.82, 2.24) is 25.2 Å². The predicted octanol–water partition coefficient (Wildman–Crippen LogP) is 5.16. The Balaban J connectivity index is 1.22. The van der Waals surface area contributed by atoms with Crippen LogP contribution in [0.2, 0.25) is 0 Å². The number of ether oxygens (including phenoxy) is 3. The van der Waals surface area contributed by atoms with E-state index in [4.69, 9.17) is 14.2 Å². The molecule has 7 atom stereocenters. The second-order valence-electron chi connectivity index (χ2n) is 16.3. The smallest absolute Gasteiger partial charge is 0.413 e. The summed E-state index contributed by atoms with van der Waals surface area (Å²) < 4.78 is 59.7. The molecule has 1 saturated heterocycles. The maximum Gasteiger partial charge on any atom is 0.413 e. The van der Waals surface area contributed by atoms with Crippen molar-refractivity contribution in [2.24, 2.45) is 17.8 Å². The number of hydrogen-bond acceptors (Lipinski definition) is 10. The number of nitrogens with one attached hydrogen (secondary N) is 3. The number of halogens is 1. The summed E-state index contributed by atoms with van der Waals surface area (Å²) in [4.78, 5) is 62.6. The number of nitrogens with zero attached hydrogens (tertiary/aromatic N) is 2. The minimum absolute atomic E-state index is 0.0213. The molecule has 14 nitrogen and oxygen atoms in total. The van der Waals surface area contributed by atoms with Crippen molar-refractivity contribution in [2.75, 3.05) is 13.2 Å². The van der Waals surface area contributed by atoms with Crippen molar-refractivity contribution < 1.29 is 46.2 Å². The van der Waals surface area contributed by atoms with E-state index in [1.807, 2.05) is 57.2 Å². The van der Waals surface area contributed by atoms with Gasteiger partial charge in [0.25, 0.3) is 5.91 Å². The Bertz CT molecular complexity index is 2230. The first-order valence-corrected chi connectivity index (χ1v) is 21.4. The minimum Gasteiger partial charge on any atom is -0.492 e. The third-order valence-corrected chi connectivity index (χ3v) is 14.0. The molecule has 4 amide bonds. The highest BCUT2D eigenvalue weighted by molar-refractivity contribution is 7.91. The van der Waals surface area contributed by atoms with Gasteiger partial charge in [0.05, 0.1) is 24.1 Å². The molecular weight excluding hydrogens is 770 g/mol. The number of fused-ring (bicyclic) bond motifs is 3. The third kappa shape index (κ3) is 8.34. The van der Waals surface area contributed by atoms with Crippen LogP contribution in [0.15, 0.2) is 66.9 Å². The number of sulfonamides is 1. The summed E-state index contributed by atoms with van der Waals surface area (Å²) in [5.74, 6) is -3.27. The average molecular weight is 820 g/mol. The highest BCUT2D eigenvalue weighted by Gasteiger charge is 2.63. The van der Waals surface area contributed by atoms with Crippen LogP contribution < -0.4 is 29.6 Å². The fourth-order valence-corrected chi connectivity index (χ4v) is 9.36. The Morgan fingerprint density at radius 3 is 2.48 bits per heavy atom. The van der Waals surface area contributed by atoms with E-state index in [0.717, 1.165) is 11.5 Å². The maximum atomic E-state index is 14.9. The number of para-hydroxylation sites is 1. The normalized spacial score (nSPS) is 28.7. The van der Waals surface area contributed by atoms with E-state index in [9.17, 15) is 32.0 Å². The molecule has 1 aromatic heterocycles. The molecule has 3 heterocycles. The number of rotatable bonds is 9. The summed E-state index contributed by atoms with van der Waals surface area (Å²) in [5, 5.41) is 6.95. The van der Waals surface area contributed by atoms with Gasteiger partial charge < -0.3 is 29.7 Å². The van der Waals surface area contributed by atoms with Crippen LogP contribution in [0.25, 0.3) is 10.8 Å². The fraction of sp³-hybridized carbons (Fsp3) is 0.500. The van der Waals surface area contributed by atoms with Crippen LogP contribution in [0.3, 0.4) is 0 Å². The summed E-state index contributed by atoms with van der Waals surface area (Å²) >= 11 is 0. The van der Waals surface area contributed by atoms with Crippen molar-refractivity contribution in [3.05, 3.63) is 72.7 Å². The lowest BCUT2D eigenvalue weighted by Crippen LogP contribution is -2.59. The van der Waals surface area contributed by atoms with Crippen LogP contribution in [0, 0.1) is 23.6 Å². The van der Waals surface area contributed by atoms with Crippen LogP contribution in [-0.4, -0.2) is 83.7 Å². The zero-order valence-corrected chi connectivity index (χ0v) is 33.9. The van der Waals surface area contributed by atoms with Gasteiger partial charge in [-0.3, -0.25) is 19.1 Å². The molecule has 3 aromatic rings. The van der Waals surface area contributed by atoms with Gasteiger partial charge in [-0.15, -0.1) is 0 Å². The molecule has 16 heteroatoms. The topological polar surface area (TPSA) is 182 Å². The number of hydrogen-bond donors (Lipinski definition) is 3. The van der Waals surface area contributed by atoms with Crippen LogP contribution in [0.5, 0.6) is 17.4 Å². The second-order valence-corrected chi connectivity index (χ2v) is 18.5. The standard InChI is InChI=1S/C42H50FN5O9S/c1-5-55-34-23-44-37(30-15-9-8-14-29(30)34)56-28-21-32-36(49)46-42(39(51)47-58(53,54)41(4)18-19-41)22-27(42)13-7-6-12-25(2)20-26(3)35(38(50)48(32)24-28)45-40(52)57-33-17-11-10-16-31(33)43/h7-11,13-17,23,25-28,32,35H,5-6,12,18-22,24H2,1-4H3,(H,45,52)(H,46,49)(H,47,51)/b13-7-/t25-,26-,27-,28-,32+,35+,42-/m1/s1. The molecule has 310 valence electrons. The largest absolute Gasteiger partial charge is 0.492 e. The predicted molar refractivity (Wildman–Crippen MR) is 212 cm³/mol. The number of benzene rings is 2. The van der Waals surface area contributed by atoms with Gasteiger partial charge >= 0.3 is 6.09 Å². The minimum atomic E-state index is -4.03.